The number of benzene rings is 1. The number of hydrogen-bond acceptors (Lipinski definition) is 6. The first-order valence-corrected chi connectivity index (χ1v) is 9.99. The number of carbonyl (C=O) groups excluding carboxylic acids is 3. The van der Waals surface area contributed by atoms with Crippen LogP contribution in [0.4, 0.5) is 0 Å². The molecule has 2 atom stereocenters. The Morgan fingerprint density at radius 2 is 1.80 bits per heavy atom. The van der Waals surface area contributed by atoms with Crippen LogP contribution in [-0.2, 0) is 14.3 Å². The summed E-state index contributed by atoms with van der Waals surface area (Å²) in [5.74, 6) is -0.882. The summed E-state index contributed by atoms with van der Waals surface area (Å²) in [6.45, 7) is 3.40. The Labute approximate surface area is 179 Å². The van der Waals surface area contributed by atoms with Gasteiger partial charge in [-0.1, -0.05) is 29.8 Å². The second kappa shape index (κ2) is 9.77. The number of ether oxygens (including phenoxy) is 1. The second-order valence-electron chi connectivity index (χ2n) is 6.98. The molecule has 2 unspecified atom stereocenters. The zero-order chi connectivity index (χ0) is 21.7. The van der Waals surface area contributed by atoms with Gasteiger partial charge in [-0.25, -0.2) is 4.79 Å². The fourth-order valence-electron chi connectivity index (χ4n) is 3.49. The minimum atomic E-state index is -0.700. The molecule has 1 fully saturated rings. The molecule has 3 rings (SSSR count). The Kier molecular flexibility index (Phi) is 7.12. The molecule has 1 aliphatic rings. The summed E-state index contributed by atoms with van der Waals surface area (Å²) in [5, 5.41) is 3.13. The Morgan fingerprint density at radius 3 is 2.40 bits per heavy atom. The lowest BCUT2D eigenvalue weighted by atomic mass is 10.0. The van der Waals surface area contributed by atoms with Gasteiger partial charge in [0.15, 0.2) is 5.76 Å². The topological polar surface area (TPSA) is 92.1 Å². The maximum atomic E-state index is 12.7. The highest BCUT2D eigenvalue weighted by molar-refractivity contribution is 6.31. The van der Waals surface area contributed by atoms with Gasteiger partial charge in [-0.05, 0) is 30.7 Å². The van der Waals surface area contributed by atoms with E-state index in [4.69, 9.17) is 20.8 Å². The monoisotopic (exact) mass is 433 g/mol. The van der Waals surface area contributed by atoms with Crippen molar-refractivity contribution in [2.24, 2.45) is 0 Å². The average Bonchev–Trinajstić information content (AvgIpc) is 3.30. The number of piperazine rings is 1. The van der Waals surface area contributed by atoms with E-state index in [1.165, 1.54) is 19.4 Å². The highest BCUT2D eigenvalue weighted by atomic mass is 35.5. The zero-order valence-electron chi connectivity index (χ0n) is 16.8. The van der Waals surface area contributed by atoms with Crippen molar-refractivity contribution in [3.8, 4) is 0 Å². The quantitative estimate of drug-likeness (QED) is 0.701. The summed E-state index contributed by atoms with van der Waals surface area (Å²) in [7, 11) is 1.34. The normalized spacial score (nSPS) is 16.6. The first-order chi connectivity index (χ1) is 14.4. The SMILES string of the molecule is COC(=O)C(c1ccccc1Cl)N1CCN(C(=O)C(C)NC(=O)c2ccco2)CC1. The molecule has 0 spiro atoms. The number of methoxy groups -OCH3 is 1. The van der Waals surface area contributed by atoms with Crippen LogP contribution in [0, 0.1) is 0 Å². The largest absolute Gasteiger partial charge is 0.468 e. The highest BCUT2D eigenvalue weighted by Gasteiger charge is 2.34. The van der Waals surface area contributed by atoms with Gasteiger partial charge in [0, 0.05) is 31.2 Å². The first kappa shape index (κ1) is 21.9. The number of esters is 1. The molecule has 2 heterocycles. The van der Waals surface area contributed by atoms with E-state index in [2.05, 4.69) is 5.32 Å². The number of nitrogens with one attached hydrogen (secondary N) is 1. The lowest BCUT2D eigenvalue weighted by Gasteiger charge is -2.39. The molecular formula is C21H24ClN3O5. The fourth-order valence-corrected chi connectivity index (χ4v) is 3.73. The van der Waals surface area contributed by atoms with Crippen molar-refractivity contribution in [2.75, 3.05) is 33.3 Å². The predicted molar refractivity (Wildman–Crippen MR) is 110 cm³/mol. The number of hydrogen-bond donors (Lipinski definition) is 1. The van der Waals surface area contributed by atoms with Crippen LogP contribution in [0.2, 0.25) is 5.02 Å². The smallest absolute Gasteiger partial charge is 0.327 e. The van der Waals surface area contributed by atoms with Gasteiger partial charge < -0.3 is 19.4 Å². The molecule has 1 aliphatic heterocycles. The third-order valence-electron chi connectivity index (χ3n) is 5.08. The summed E-state index contributed by atoms with van der Waals surface area (Å²) in [6.07, 6.45) is 1.40. The number of halogens is 1. The number of carbonyl (C=O) groups is 3. The zero-order valence-corrected chi connectivity index (χ0v) is 17.6. The molecule has 2 amide bonds. The van der Waals surface area contributed by atoms with Crippen molar-refractivity contribution >= 4 is 29.4 Å². The molecule has 1 aromatic heterocycles. The predicted octanol–water partition coefficient (Wildman–Crippen LogP) is 2.11. The van der Waals surface area contributed by atoms with Crippen LogP contribution in [0.3, 0.4) is 0 Å². The van der Waals surface area contributed by atoms with Crippen LogP contribution in [0.1, 0.15) is 29.1 Å². The van der Waals surface area contributed by atoms with E-state index >= 15 is 0 Å². The Morgan fingerprint density at radius 1 is 1.10 bits per heavy atom. The maximum absolute atomic E-state index is 12.7. The van der Waals surface area contributed by atoms with Gasteiger partial charge in [0.2, 0.25) is 5.91 Å². The lowest BCUT2D eigenvalue weighted by molar-refractivity contribution is -0.148. The summed E-state index contributed by atoms with van der Waals surface area (Å²) in [6, 6.07) is 8.95. The van der Waals surface area contributed by atoms with Crippen LogP contribution in [-0.4, -0.2) is 66.9 Å². The molecule has 160 valence electrons. The minimum Gasteiger partial charge on any atom is -0.468 e. The van der Waals surface area contributed by atoms with E-state index in [-0.39, 0.29) is 11.7 Å². The van der Waals surface area contributed by atoms with E-state index in [1.54, 1.807) is 36.1 Å². The van der Waals surface area contributed by atoms with Crippen molar-refractivity contribution in [3.63, 3.8) is 0 Å². The van der Waals surface area contributed by atoms with Gasteiger partial charge in [-0.15, -0.1) is 0 Å². The number of furan rings is 1. The molecule has 1 aromatic carbocycles. The van der Waals surface area contributed by atoms with Gasteiger partial charge in [0.25, 0.3) is 5.91 Å². The summed E-state index contributed by atoms with van der Waals surface area (Å²) in [4.78, 5) is 40.9. The van der Waals surface area contributed by atoms with Gasteiger partial charge in [-0.2, -0.15) is 0 Å². The third kappa shape index (κ3) is 4.83. The van der Waals surface area contributed by atoms with Gasteiger partial charge >= 0.3 is 5.97 Å². The molecule has 0 aliphatic carbocycles. The van der Waals surface area contributed by atoms with E-state index in [0.29, 0.717) is 36.8 Å². The molecule has 30 heavy (non-hydrogen) atoms. The molecule has 1 saturated heterocycles. The van der Waals surface area contributed by atoms with E-state index in [9.17, 15) is 14.4 Å². The molecule has 0 bridgehead atoms. The second-order valence-corrected chi connectivity index (χ2v) is 7.39. The van der Waals surface area contributed by atoms with E-state index < -0.39 is 24.0 Å². The molecule has 8 nitrogen and oxygen atoms in total. The number of nitrogens with zero attached hydrogens (tertiary/aromatic N) is 2. The van der Waals surface area contributed by atoms with Crippen LogP contribution < -0.4 is 5.32 Å². The molecule has 0 radical (unpaired) electrons. The van der Waals surface area contributed by atoms with Crippen molar-refractivity contribution in [1.29, 1.82) is 0 Å². The Bertz CT molecular complexity index is 894. The molecule has 1 N–H and O–H groups in total. The van der Waals surface area contributed by atoms with Crippen LogP contribution in [0.25, 0.3) is 0 Å². The highest BCUT2D eigenvalue weighted by Crippen LogP contribution is 2.29. The minimum absolute atomic E-state index is 0.153. The average molecular weight is 434 g/mol. The lowest BCUT2D eigenvalue weighted by Crippen LogP contribution is -2.55. The van der Waals surface area contributed by atoms with Gasteiger partial charge in [-0.3, -0.25) is 14.5 Å². The number of amides is 2. The van der Waals surface area contributed by atoms with Crippen LogP contribution >= 0.6 is 11.6 Å². The van der Waals surface area contributed by atoms with Crippen molar-refractivity contribution in [3.05, 3.63) is 59.0 Å². The van der Waals surface area contributed by atoms with Gasteiger partial charge in [0.1, 0.15) is 12.1 Å². The molecule has 9 heteroatoms. The Balaban J connectivity index is 1.62. The van der Waals surface area contributed by atoms with Crippen molar-refractivity contribution in [1.82, 2.24) is 15.1 Å². The fraction of sp³-hybridized carbons (Fsp3) is 0.381. The summed E-state index contributed by atoms with van der Waals surface area (Å²) < 4.78 is 10.0. The third-order valence-corrected chi connectivity index (χ3v) is 5.42. The summed E-state index contributed by atoms with van der Waals surface area (Å²) in [5.41, 5.74) is 0.671. The van der Waals surface area contributed by atoms with E-state index in [0.717, 1.165) is 0 Å². The first-order valence-electron chi connectivity index (χ1n) is 9.62. The molecule has 0 saturated carbocycles. The molecule has 2 aromatic rings. The standard InChI is InChI=1S/C21H24ClN3O5/c1-14(23-19(26)17-8-5-13-30-17)20(27)25-11-9-24(10-12-25)18(21(28)29-2)15-6-3-4-7-16(15)22/h3-8,13-14,18H,9-12H2,1-2H3,(H,23,26). The van der Waals surface area contributed by atoms with E-state index in [1.807, 2.05) is 11.0 Å². The maximum Gasteiger partial charge on any atom is 0.327 e. The Hall–Kier alpha value is -2.84. The van der Waals surface area contributed by atoms with Crippen LogP contribution in [0.5, 0.6) is 0 Å². The van der Waals surface area contributed by atoms with Crippen molar-refractivity contribution < 1.29 is 23.5 Å². The number of rotatable bonds is 6. The van der Waals surface area contributed by atoms with Crippen LogP contribution in [0.15, 0.2) is 47.1 Å². The summed E-state index contributed by atoms with van der Waals surface area (Å²) >= 11 is 6.30. The van der Waals surface area contributed by atoms with Crippen molar-refractivity contribution in [2.45, 2.75) is 19.0 Å². The molecular weight excluding hydrogens is 410 g/mol. The van der Waals surface area contributed by atoms with Gasteiger partial charge in [0.05, 0.1) is 13.4 Å².